The van der Waals surface area contributed by atoms with Crippen LogP contribution in [0.3, 0.4) is 0 Å². The maximum atomic E-state index is 13.0. The molecule has 0 radical (unpaired) electrons. The van der Waals surface area contributed by atoms with Gasteiger partial charge in [-0.15, -0.1) is 0 Å². The van der Waals surface area contributed by atoms with Crippen molar-refractivity contribution in [3.05, 3.63) is 59.2 Å². The number of hydrogen-bond donors (Lipinski definition) is 0. The molecule has 5 heteroatoms. The number of carbonyl (C=O) groups is 1. The summed E-state index contributed by atoms with van der Waals surface area (Å²) in [6, 6.07) is 13.9. The van der Waals surface area contributed by atoms with Gasteiger partial charge >= 0.3 is 0 Å². The van der Waals surface area contributed by atoms with Gasteiger partial charge in [-0.05, 0) is 55.3 Å². The van der Waals surface area contributed by atoms with Crippen LogP contribution in [0.5, 0.6) is 11.5 Å². The van der Waals surface area contributed by atoms with Crippen molar-refractivity contribution in [2.24, 2.45) is 0 Å². The fourth-order valence-corrected chi connectivity index (χ4v) is 3.53. The molecule has 3 rings (SSSR count). The van der Waals surface area contributed by atoms with Crippen molar-refractivity contribution < 1.29 is 14.3 Å². The molecule has 162 valence electrons. The predicted octanol–water partition coefficient (Wildman–Crippen LogP) is 4.35. The molecule has 1 aliphatic rings. The van der Waals surface area contributed by atoms with E-state index in [9.17, 15) is 4.79 Å². The minimum absolute atomic E-state index is 0.0712. The lowest BCUT2D eigenvalue weighted by Crippen LogP contribution is -2.47. The largest absolute Gasteiger partial charge is 0.493 e. The summed E-state index contributed by atoms with van der Waals surface area (Å²) in [5.74, 6) is 1.64. The van der Waals surface area contributed by atoms with Gasteiger partial charge in [-0.2, -0.15) is 0 Å². The zero-order valence-corrected chi connectivity index (χ0v) is 18.9. The van der Waals surface area contributed by atoms with E-state index in [1.54, 1.807) is 0 Å². The lowest BCUT2D eigenvalue weighted by atomic mass is 9.87. The molecule has 1 saturated heterocycles. The van der Waals surface area contributed by atoms with Crippen molar-refractivity contribution in [3.8, 4) is 11.5 Å². The Labute approximate surface area is 180 Å². The number of rotatable bonds is 6. The van der Waals surface area contributed by atoms with Crippen LogP contribution in [0.1, 0.15) is 49.2 Å². The number of hydrogen-bond acceptors (Lipinski definition) is 4. The van der Waals surface area contributed by atoms with Crippen molar-refractivity contribution in [1.82, 2.24) is 9.80 Å². The van der Waals surface area contributed by atoms with Crippen LogP contribution >= 0.6 is 0 Å². The van der Waals surface area contributed by atoms with Crippen LogP contribution in [-0.2, 0) is 12.0 Å². The first-order chi connectivity index (χ1) is 14.3. The molecule has 2 aromatic rings. The lowest BCUT2D eigenvalue weighted by Gasteiger charge is -2.32. The highest BCUT2D eigenvalue weighted by atomic mass is 16.5. The normalized spacial score (nSPS) is 15.2. The van der Waals surface area contributed by atoms with E-state index in [2.05, 4.69) is 44.9 Å². The Morgan fingerprint density at radius 1 is 0.967 bits per heavy atom. The first kappa shape index (κ1) is 22.2. The van der Waals surface area contributed by atoms with Gasteiger partial charge in [0.15, 0.2) is 0 Å². The minimum atomic E-state index is 0.0712. The predicted molar refractivity (Wildman–Crippen MR) is 120 cm³/mol. The molecule has 0 spiro atoms. The molecule has 0 unspecified atom stereocenters. The molecule has 1 aliphatic heterocycles. The monoisotopic (exact) mass is 410 g/mol. The van der Waals surface area contributed by atoms with Crippen LogP contribution in [0.25, 0.3) is 0 Å². The van der Waals surface area contributed by atoms with Gasteiger partial charge in [-0.3, -0.25) is 4.79 Å². The molecule has 5 nitrogen and oxygen atoms in total. The Morgan fingerprint density at radius 3 is 2.23 bits per heavy atom. The van der Waals surface area contributed by atoms with Gasteiger partial charge in [-0.1, -0.05) is 32.9 Å². The van der Waals surface area contributed by atoms with E-state index in [0.29, 0.717) is 18.8 Å². The van der Waals surface area contributed by atoms with E-state index in [4.69, 9.17) is 9.47 Å². The molecule has 0 aromatic heterocycles. The van der Waals surface area contributed by atoms with Gasteiger partial charge in [0.1, 0.15) is 18.1 Å². The maximum absolute atomic E-state index is 13.0. The quantitative estimate of drug-likeness (QED) is 0.710. The summed E-state index contributed by atoms with van der Waals surface area (Å²) < 4.78 is 11.8. The van der Waals surface area contributed by atoms with Crippen LogP contribution in [-0.4, -0.2) is 55.5 Å². The van der Waals surface area contributed by atoms with E-state index < -0.39 is 0 Å². The highest BCUT2D eigenvalue weighted by Crippen LogP contribution is 2.26. The summed E-state index contributed by atoms with van der Waals surface area (Å²) in [6.07, 6.45) is 0. The van der Waals surface area contributed by atoms with Crippen molar-refractivity contribution in [2.75, 3.05) is 39.8 Å². The topological polar surface area (TPSA) is 42.0 Å². The van der Waals surface area contributed by atoms with Crippen LogP contribution in [0.4, 0.5) is 0 Å². The summed E-state index contributed by atoms with van der Waals surface area (Å²) in [7, 11) is 2.09. The number of amides is 1. The molecule has 0 bridgehead atoms. The Balaban J connectivity index is 1.73. The fraction of sp³-hybridized carbons (Fsp3) is 0.480. The molecule has 0 atom stereocenters. The number of piperazine rings is 1. The molecule has 30 heavy (non-hydrogen) atoms. The minimum Gasteiger partial charge on any atom is -0.493 e. The SMILES string of the molecule is CCOc1ccc(C(=O)N2CCN(C)CC2)cc1COc1ccc(C(C)(C)C)cc1. The molecule has 1 amide bonds. The van der Waals surface area contributed by atoms with E-state index >= 15 is 0 Å². The van der Waals surface area contributed by atoms with Crippen molar-refractivity contribution in [3.63, 3.8) is 0 Å². The van der Waals surface area contributed by atoms with Crippen molar-refractivity contribution >= 4 is 5.91 Å². The van der Waals surface area contributed by atoms with Crippen LogP contribution in [0.15, 0.2) is 42.5 Å². The van der Waals surface area contributed by atoms with E-state index in [0.717, 1.165) is 43.2 Å². The molecular weight excluding hydrogens is 376 g/mol. The molecule has 0 aliphatic carbocycles. The molecule has 1 heterocycles. The number of ether oxygens (including phenoxy) is 2. The standard InChI is InChI=1S/C25H34N2O3/c1-6-29-23-12-7-19(24(28)27-15-13-26(5)14-16-27)17-20(23)18-30-22-10-8-21(9-11-22)25(2,3)4/h7-12,17H,6,13-16,18H2,1-5H3. The van der Waals surface area contributed by atoms with Gasteiger partial charge in [0.2, 0.25) is 0 Å². The van der Waals surface area contributed by atoms with Crippen molar-refractivity contribution in [2.45, 2.75) is 39.7 Å². The lowest BCUT2D eigenvalue weighted by molar-refractivity contribution is 0.0664. The highest BCUT2D eigenvalue weighted by Gasteiger charge is 2.21. The molecule has 1 fully saturated rings. The summed E-state index contributed by atoms with van der Waals surface area (Å²) in [6.45, 7) is 12.8. The van der Waals surface area contributed by atoms with E-state index in [1.807, 2.05) is 42.2 Å². The number of benzene rings is 2. The second kappa shape index (κ2) is 9.52. The fourth-order valence-electron chi connectivity index (χ4n) is 3.53. The summed E-state index contributed by atoms with van der Waals surface area (Å²) in [5, 5.41) is 0. The van der Waals surface area contributed by atoms with Gasteiger partial charge in [-0.25, -0.2) is 0 Å². The average Bonchev–Trinajstić information content (AvgIpc) is 2.73. The first-order valence-corrected chi connectivity index (χ1v) is 10.7. The number of carbonyl (C=O) groups excluding carboxylic acids is 1. The zero-order valence-electron chi connectivity index (χ0n) is 18.9. The van der Waals surface area contributed by atoms with Crippen molar-refractivity contribution in [1.29, 1.82) is 0 Å². The van der Waals surface area contributed by atoms with Gasteiger partial charge in [0.05, 0.1) is 6.61 Å². The second-order valence-corrected chi connectivity index (χ2v) is 8.91. The molecule has 0 N–H and O–H groups in total. The summed E-state index contributed by atoms with van der Waals surface area (Å²) in [4.78, 5) is 17.1. The molecule has 2 aromatic carbocycles. The first-order valence-electron chi connectivity index (χ1n) is 10.7. The van der Waals surface area contributed by atoms with Crippen LogP contribution < -0.4 is 9.47 Å². The zero-order chi connectivity index (χ0) is 21.7. The molecular formula is C25H34N2O3. The maximum Gasteiger partial charge on any atom is 0.253 e. The van der Waals surface area contributed by atoms with Crippen LogP contribution in [0, 0.1) is 0 Å². The number of nitrogens with zero attached hydrogens (tertiary/aromatic N) is 2. The Kier molecular flexibility index (Phi) is 7.03. The Morgan fingerprint density at radius 2 is 1.63 bits per heavy atom. The van der Waals surface area contributed by atoms with Gasteiger partial charge in [0.25, 0.3) is 5.91 Å². The number of likely N-dealkylation sites (N-methyl/N-ethyl adjacent to an activating group) is 1. The average molecular weight is 411 g/mol. The van der Waals surface area contributed by atoms with Gasteiger partial charge < -0.3 is 19.3 Å². The third kappa shape index (κ3) is 5.54. The van der Waals surface area contributed by atoms with E-state index in [1.165, 1.54) is 5.56 Å². The van der Waals surface area contributed by atoms with Crippen LogP contribution in [0.2, 0.25) is 0 Å². The van der Waals surface area contributed by atoms with E-state index in [-0.39, 0.29) is 11.3 Å². The Bertz CT molecular complexity index is 848. The van der Waals surface area contributed by atoms with Gasteiger partial charge in [0, 0.05) is 37.3 Å². The summed E-state index contributed by atoms with van der Waals surface area (Å²) >= 11 is 0. The smallest absolute Gasteiger partial charge is 0.253 e. The highest BCUT2D eigenvalue weighted by molar-refractivity contribution is 5.94. The third-order valence-corrected chi connectivity index (χ3v) is 5.51. The second-order valence-electron chi connectivity index (χ2n) is 8.91. The molecule has 0 saturated carbocycles. The Hall–Kier alpha value is -2.53. The third-order valence-electron chi connectivity index (χ3n) is 5.51. The summed E-state index contributed by atoms with van der Waals surface area (Å²) in [5.41, 5.74) is 2.95.